The summed E-state index contributed by atoms with van der Waals surface area (Å²) in [6, 6.07) is 16.4. The van der Waals surface area contributed by atoms with Gasteiger partial charge in [0.1, 0.15) is 0 Å². The summed E-state index contributed by atoms with van der Waals surface area (Å²) in [6.45, 7) is 0. The Labute approximate surface area is 135 Å². The van der Waals surface area contributed by atoms with Crippen molar-refractivity contribution >= 4 is 34.6 Å². The largest absolute Gasteiger partial charge is 0.366 e. The minimum Gasteiger partial charge on any atom is -0.366 e. The van der Waals surface area contributed by atoms with Gasteiger partial charge in [0.15, 0.2) is 5.11 Å². The molecule has 0 saturated heterocycles. The van der Waals surface area contributed by atoms with E-state index in [1.165, 1.54) is 0 Å². The van der Waals surface area contributed by atoms with Gasteiger partial charge in [0.25, 0.3) is 0 Å². The Bertz CT molecular complexity index is 599. The molecular formula is C16H20N4OS. The van der Waals surface area contributed by atoms with Crippen molar-refractivity contribution in [2.75, 3.05) is 24.7 Å². The first kappa shape index (κ1) is 17.6. The van der Waals surface area contributed by atoms with Crippen LogP contribution in [0.5, 0.6) is 0 Å². The first-order chi connectivity index (χ1) is 10.6. The van der Waals surface area contributed by atoms with Gasteiger partial charge in [-0.25, -0.2) is 0 Å². The lowest BCUT2D eigenvalue weighted by Crippen LogP contribution is -2.19. The number of nitrogens with two attached hydrogens (primary N) is 1. The lowest BCUT2D eigenvalue weighted by atomic mass is 10.2. The van der Waals surface area contributed by atoms with Gasteiger partial charge in [0.2, 0.25) is 5.91 Å². The van der Waals surface area contributed by atoms with Crippen LogP contribution in [0.3, 0.4) is 0 Å². The van der Waals surface area contributed by atoms with Gasteiger partial charge in [-0.3, -0.25) is 4.79 Å². The molecule has 0 aliphatic rings. The number of primary amides is 1. The van der Waals surface area contributed by atoms with E-state index in [0.29, 0.717) is 10.7 Å². The summed E-state index contributed by atoms with van der Waals surface area (Å²) in [6.07, 6.45) is 0. The average Bonchev–Trinajstić information content (AvgIpc) is 2.49. The molecule has 0 aromatic heterocycles. The predicted molar refractivity (Wildman–Crippen MR) is 96.2 cm³/mol. The molecule has 6 heteroatoms. The van der Waals surface area contributed by atoms with Crippen molar-refractivity contribution in [3.05, 3.63) is 60.2 Å². The van der Waals surface area contributed by atoms with Crippen LogP contribution in [0.2, 0.25) is 0 Å². The third-order valence-corrected chi connectivity index (χ3v) is 2.66. The van der Waals surface area contributed by atoms with Crippen molar-refractivity contribution in [2.45, 2.75) is 0 Å². The summed E-state index contributed by atoms with van der Waals surface area (Å²) in [5, 5.41) is 9.32. The van der Waals surface area contributed by atoms with E-state index in [1.807, 2.05) is 44.4 Å². The highest BCUT2D eigenvalue weighted by molar-refractivity contribution is 7.80. The zero-order valence-corrected chi connectivity index (χ0v) is 13.4. The second kappa shape index (κ2) is 9.49. The lowest BCUT2D eigenvalue weighted by Gasteiger charge is -2.10. The summed E-state index contributed by atoms with van der Waals surface area (Å²) >= 11 is 5.19. The summed E-state index contributed by atoms with van der Waals surface area (Å²) in [4.78, 5) is 10.9. The second-order valence-corrected chi connectivity index (χ2v) is 4.79. The van der Waals surface area contributed by atoms with Crippen molar-refractivity contribution < 1.29 is 4.79 Å². The molecule has 1 amide bonds. The average molecular weight is 316 g/mol. The first-order valence-electron chi connectivity index (χ1n) is 6.68. The molecule has 2 rings (SSSR count). The van der Waals surface area contributed by atoms with Crippen molar-refractivity contribution in [3.8, 4) is 0 Å². The molecule has 0 aliphatic carbocycles. The minimum absolute atomic E-state index is 0.448. The summed E-state index contributed by atoms with van der Waals surface area (Å²) in [5.74, 6) is -0.448. The fourth-order valence-electron chi connectivity index (χ4n) is 1.53. The van der Waals surface area contributed by atoms with E-state index in [0.717, 1.165) is 11.4 Å². The zero-order valence-electron chi connectivity index (χ0n) is 12.6. The molecule has 2 aromatic rings. The fraction of sp³-hybridized carbons (Fsp3) is 0.125. The highest BCUT2D eigenvalue weighted by Crippen LogP contribution is 2.11. The molecule has 0 aliphatic heterocycles. The molecule has 0 bridgehead atoms. The Balaban J connectivity index is 0.000000745. The Kier molecular flexibility index (Phi) is 7.60. The van der Waals surface area contributed by atoms with Crippen molar-refractivity contribution in [1.82, 2.24) is 5.32 Å². The number of benzene rings is 2. The quantitative estimate of drug-likeness (QED) is 0.654. The van der Waals surface area contributed by atoms with Crippen molar-refractivity contribution in [1.29, 1.82) is 0 Å². The number of nitrogens with one attached hydrogen (secondary N) is 3. The van der Waals surface area contributed by atoms with E-state index in [2.05, 4.69) is 16.0 Å². The van der Waals surface area contributed by atoms with E-state index in [9.17, 15) is 4.79 Å². The van der Waals surface area contributed by atoms with Crippen LogP contribution in [-0.2, 0) is 0 Å². The van der Waals surface area contributed by atoms with Crippen LogP contribution in [0.1, 0.15) is 10.4 Å². The monoisotopic (exact) mass is 316 g/mol. The van der Waals surface area contributed by atoms with E-state index in [4.69, 9.17) is 18.0 Å². The van der Waals surface area contributed by atoms with Crippen LogP contribution < -0.4 is 21.7 Å². The Morgan fingerprint density at radius 1 is 0.909 bits per heavy atom. The van der Waals surface area contributed by atoms with E-state index in [1.54, 1.807) is 24.3 Å². The van der Waals surface area contributed by atoms with Gasteiger partial charge in [-0.1, -0.05) is 18.2 Å². The second-order valence-electron chi connectivity index (χ2n) is 4.39. The highest BCUT2D eigenvalue weighted by Gasteiger charge is 2.01. The zero-order chi connectivity index (χ0) is 16.4. The number of hydrogen-bond acceptors (Lipinski definition) is 3. The number of thiocarbonyl (C=S) groups is 1. The maximum absolute atomic E-state index is 10.9. The van der Waals surface area contributed by atoms with Gasteiger partial charge in [-0.05, 0) is 62.7 Å². The standard InChI is InChI=1S/C14H13N3OS.C2H7N/c15-13(18)10-6-8-12(9-7-10)17-14(19)16-11-4-2-1-3-5-11;1-3-2/h1-9H,(H2,15,18)(H2,16,17,19);3H,1-2H3. The van der Waals surface area contributed by atoms with Crippen LogP contribution in [0.25, 0.3) is 0 Å². The molecule has 0 saturated carbocycles. The number of para-hydroxylation sites is 1. The number of amides is 1. The summed E-state index contributed by atoms with van der Waals surface area (Å²) in [7, 11) is 3.75. The molecule has 5 N–H and O–H groups in total. The molecule has 0 radical (unpaired) electrons. The van der Waals surface area contributed by atoms with Gasteiger partial charge >= 0.3 is 0 Å². The first-order valence-corrected chi connectivity index (χ1v) is 7.09. The third-order valence-electron chi connectivity index (χ3n) is 2.46. The summed E-state index contributed by atoms with van der Waals surface area (Å²) < 4.78 is 0. The molecule has 5 nitrogen and oxygen atoms in total. The fourth-order valence-corrected chi connectivity index (χ4v) is 1.77. The van der Waals surface area contributed by atoms with Crippen LogP contribution in [0.15, 0.2) is 54.6 Å². The molecule has 0 heterocycles. The van der Waals surface area contributed by atoms with Gasteiger partial charge in [-0.2, -0.15) is 0 Å². The van der Waals surface area contributed by atoms with Gasteiger partial charge in [0, 0.05) is 16.9 Å². The normalized spacial score (nSPS) is 9.18. The highest BCUT2D eigenvalue weighted by atomic mass is 32.1. The molecule has 0 unspecified atom stereocenters. The minimum atomic E-state index is -0.448. The molecule has 22 heavy (non-hydrogen) atoms. The van der Waals surface area contributed by atoms with E-state index >= 15 is 0 Å². The third kappa shape index (κ3) is 6.34. The lowest BCUT2D eigenvalue weighted by molar-refractivity contribution is 0.100. The summed E-state index contributed by atoms with van der Waals surface area (Å²) in [5.41, 5.74) is 7.34. The van der Waals surface area contributed by atoms with E-state index in [-0.39, 0.29) is 0 Å². The molecule has 2 aromatic carbocycles. The number of anilines is 2. The van der Waals surface area contributed by atoms with Gasteiger partial charge in [0.05, 0.1) is 0 Å². The number of carbonyl (C=O) groups excluding carboxylic acids is 1. The molecule has 116 valence electrons. The number of rotatable bonds is 3. The Hall–Kier alpha value is -2.44. The topological polar surface area (TPSA) is 79.2 Å². The maximum Gasteiger partial charge on any atom is 0.248 e. The van der Waals surface area contributed by atoms with Crippen LogP contribution in [0.4, 0.5) is 11.4 Å². The molecule has 0 atom stereocenters. The SMILES string of the molecule is CNC.NC(=O)c1ccc(NC(=S)Nc2ccccc2)cc1. The smallest absolute Gasteiger partial charge is 0.248 e. The molecule has 0 spiro atoms. The maximum atomic E-state index is 10.9. The van der Waals surface area contributed by atoms with Gasteiger partial charge < -0.3 is 21.7 Å². The van der Waals surface area contributed by atoms with Crippen molar-refractivity contribution in [3.63, 3.8) is 0 Å². The van der Waals surface area contributed by atoms with Gasteiger partial charge in [-0.15, -0.1) is 0 Å². The molecular weight excluding hydrogens is 296 g/mol. The van der Waals surface area contributed by atoms with Crippen LogP contribution in [-0.4, -0.2) is 25.1 Å². The van der Waals surface area contributed by atoms with Crippen LogP contribution in [0, 0.1) is 0 Å². The Morgan fingerprint density at radius 2 is 1.36 bits per heavy atom. The predicted octanol–water partition coefficient (Wildman–Crippen LogP) is 2.43. The van der Waals surface area contributed by atoms with Crippen LogP contribution >= 0.6 is 12.2 Å². The number of carbonyl (C=O) groups is 1. The van der Waals surface area contributed by atoms with E-state index < -0.39 is 5.91 Å². The Morgan fingerprint density at radius 3 is 1.82 bits per heavy atom. The molecule has 0 fully saturated rings. The van der Waals surface area contributed by atoms with Crippen molar-refractivity contribution in [2.24, 2.45) is 5.73 Å². The number of hydrogen-bond donors (Lipinski definition) is 4.